The first-order chi connectivity index (χ1) is 7.91. The molecular weight excluding hydrogens is 266 g/mol. The number of carboxylic acid groups (broad SMARTS) is 1. The lowest BCUT2D eigenvalue weighted by Gasteiger charge is -2.26. The molecule has 0 aromatic heterocycles. The Kier molecular flexibility index (Phi) is 4.78. The van der Waals surface area contributed by atoms with Gasteiger partial charge in [-0.2, -0.15) is 0 Å². The highest BCUT2D eigenvalue weighted by molar-refractivity contribution is 6.31. The lowest BCUT2D eigenvalue weighted by Crippen LogP contribution is -2.33. The first-order valence-electron chi connectivity index (χ1n) is 5.16. The largest absolute Gasteiger partial charge is 0.481 e. The molecule has 0 bridgehead atoms. The highest BCUT2D eigenvalue weighted by Crippen LogP contribution is 2.35. The fourth-order valence-electron chi connectivity index (χ4n) is 1.71. The minimum atomic E-state index is -1.14. The Morgan fingerprint density at radius 3 is 2.65 bits per heavy atom. The van der Waals surface area contributed by atoms with Crippen LogP contribution < -0.4 is 0 Å². The Labute approximate surface area is 109 Å². The molecule has 5 heteroatoms. The van der Waals surface area contributed by atoms with Crippen molar-refractivity contribution in [3.8, 4) is 0 Å². The van der Waals surface area contributed by atoms with Crippen LogP contribution in [0, 0.1) is 5.82 Å². The Bertz CT molecular complexity index is 423. The highest BCUT2D eigenvalue weighted by Gasteiger charge is 2.36. The summed E-state index contributed by atoms with van der Waals surface area (Å²) in [4.78, 5) is 11.4. The summed E-state index contributed by atoms with van der Waals surface area (Å²) in [7, 11) is 0. The van der Waals surface area contributed by atoms with E-state index in [-0.39, 0.29) is 5.02 Å². The molecule has 1 aromatic carbocycles. The minimum Gasteiger partial charge on any atom is -0.481 e. The third-order valence-corrected chi connectivity index (χ3v) is 3.39. The van der Waals surface area contributed by atoms with E-state index >= 15 is 0 Å². The zero-order valence-corrected chi connectivity index (χ0v) is 10.9. The van der Waals surface area contributed by atoms with Crippen molar-refractivity contribution in [3.05, 3.63) is 34.6 Å². The van der Waals surface area contributed by atoms with E-state index in [1.165, 1.54) is 12.1 Å². The first kappa shape index (κ1) is 14.3. The van der Waals surface area contributed by atoms with Crippen LogP contribution in [0.3, 0.4) is 0 Å². The predicted octanol–water partition coefficient (Wildman–Crippen LogP) is 3.84. The van der Waals surface area contributed by atoms with Gasteiger partial charge in [-0.25, -0.2) is 4.39 Å². The summed E-state index contributed by atoms with van der Waals surface area (Å²) in [5.74, 6) is -1.10. The number of hydrogen-bond donors (Lipinski definition) is 1. The van der Waals surface area contributed by atoms with E-state index < -0.39 is 17.2 Å². The van der Waals surface area contributed by atoms with Gasteiger partial charge < -0.3 is 5.11 Å². The second-order valence-corrected chi connectivity index (χ2v) is 4.84. The average Bonchev–Trinajstić information content (AvgIpc) is 2.25. The van der Waals surface area contributed by atoms with E-state index in [4.69, 9.17) is 23.2 Å². The van der Waals surface area contributed by atoms with Crippen LogP contribution in [0.25, 0.3) is 0 Å². The molecule has 94 valence electrons. The zero-order chi connectivity index (χ0) is 13.1. The van der Waals surface area contributed by atoms with Crippen molar-refractivity contribution in [2.24, 2.45) is 0 Å². The third kappa shape index (κ3) is 3.11. The standard InChI is InChI=1S/C12H13Cl2FO2/c1-12(11(16)17,5-2-6-13)9-4-3-8(15)7-10(9)14/h3-4,7H,2,5-6H2,1H3,(H,16,17). The normalized spacial score (nSPS) is 14.4. The van der Waals surface area contributed by atoms with Crippen molar-refractivity contribution >= 4 is 29.2 Å². The van der Waals surface area contributed by atoms with Crippen LogP contribution in [0.2, 0.25) is 5.02 Å². The number of carbonyl (C=O) groups is 1. The van der Waals surface area contributed by atoms with Crippen LogP contribution in [0.1, 0.15) is 25.3 Å². The summed E-state index contributed by atoms with van der Waals surface area (Å²) in [5, 5.41) is 9.44. The summed E-state index contributed by atoms with van der Waals surface area (Å²) in [5.41, 5.74) is -0.724. The molecule has 1 N–H and O–H groups in total. The molecule has 1 aromatic rings. The summed E-state index contributed by atoms with van der Waals surface area (Å²) >= 11 is 11.5. The van der Waals surface area contributed by atoms with Crippen LogP contribution in [-0.4, -0.2) is 17.0 Å². The molecule has 1 atom stereocenters. The lowest BCUT2D eigenvalue weighted by molar-refractivity contribution is -0.143. The number of hydrogen-bond acceptors (Lipinski definition) is 1. The zero-order valence-electron chi connectivity index (χ0n) is 9.34. The minimum absolute atomic E-state index is 0.129. The Balaban J connectivity index is 3.17. The summed E-state index contributed by atoms with van der Waals surface area (Å²) in [6, 6.07) is 3.75. The summed E-state index contributed by atoms with van der Waals surface area (Å²) in [6.07, 6.45) is 0.912. The number of benzene rings is 1. The van der Waals surface area contributed by atoms with Crippen molar-refractivity contribution in [1.82, 2.24) is 0 Å². The fraction of sp³-hybridized carbons (Fsp3) is 0.417. The molecule has 0 aliphatic rings. The lowest BCUT2D eigenvalue weighted by atomic mass is 9.78. The van der Waals surface area contributed by atoms with Gasteiger partial charge >= 0.3 is 5.97 Å². The summed E-state index contributed by atoms with van der Waals surface area (Å²) in [6.45, 7) is 1.57. The maximum absolute atomic E-state index is 12.9. The Hall–Kier alpha value is -0.800. The SMILES string of the molecule is CC(CCCCl)(C(=O)O)c1ccc(F)cc1Cl. The van der Waals surface area contributed by atoms with Gasteiger partial charge in [-0.05, 0) is 37.5 Å². The van der Waals surface area contributed by atoms with Crippen molar-refractivity contribution in [2.45, 2.75) is 25.2 Å². The summed E-state index contributed by atoms with van der Waals surface area (Å²) < 4.78 is 12.9. The maximum Gasteiger partial charge on any atom is 0.313 e. The van der Waals surface area contributed by atoms with Crippen LogP contribution in [0.4, 0.5) is 4.39 Å². The molecule has 0 aliphatic heterocycles. The van der Waals surface area contributed by atoms with Crippen LogP contribution in [-0.2, 0) is 10.2 Å². The van der Waals surface area contributed by atoms with Gasteiger partial charge in [0, 0.05) is 10.9 Å². The van der Waals surface area contributed by atoms with Crippen molar-refractivity contribution in [2.75, 3.05) is 5.88 Å². The molecule has 0 radical (unpaired) electrons. The van der Waals surface area contributed by atoms with Gasteiger partial charge in [-0.3, -0.25) is 4.79 Å². The van der Waals surface area contributed by atoms with Gasteiger partial charge in [0.05, 0.1) is 5.41 Å². The molecule has 0 amide bonds. The quantitative estimate of drug-likeness (QED) is 0.831. The van der Waals surface area contributed by atoms with Crippen LogP contribution >= 0.6 is 23.2 Å². The van der Waals surface area contributed by atoms with E-state index in [1.54, 1.807) is 6.92 Å². The molecule has 1 rings (SSSR count). The smallest absolute Gasteiger partial charge is 0.313 e. The molecule has 0 fully saturated rings. The van der Waals surface area contributed by atoms with Gasteiger partial charge in [0.1, 0.15) is 5.82 Å². The second-order valence-electron chi connectivity index (χ2n) is 4.05. The van der Waals surface area contributed by atoms with Crippen molar-refractivity contribution in [1.29, 1.82) is 0 Å². The molecule has 0 spiro atoms. The average molecular weight is 279 g/mol. The number of alkyl halides is 1. The van der Waals surface area contributed by atoms with E-state index in [0.717, 1.165) is 6.07 Å². The molecule has 17 heavy (non-hydrogen) atoms. The maximum atomic E-state index is 12.9. The molecule has 0 saturated carbocycles. The fourth-order valence-corrected chi connectivity index (χ4v) is 2.22. The van der Waals surface area contributed by atoms with Crippen LogP contribution in [0.15, 0.2) is 18.2 Å². The molecule has 0 aliphatic carbocycles. The van der Waals surface area contributed by atoms with Crippen molar-refractivity contribution in [3.63, 3.8) is 0 Å². The van der Waals surface area contributed by atoms with Gasteiger partial charge in [0.15, 0.2) is 0 Å². The molecular formula is C12H13Cl2FO2. The monoisotopic (exact) mass is 278 g/mol. The first-order valence-corrected chi connectivity index (χ1v) is 6.08. The van der Waals surface area contributed by atoms with E-state index in [2.05, 4.69) is 0 Å². The highest BCUT2D eigenvalue weighted by atomic mass is 35.5. The molecule has 2 nitrogen and oxygen atoms in total. The number of aliphatic carboxylic acids is 1. The third-order valence-electron chi connectivity index (χ3n) is 2.81. The molecule has 0 saturated heterocycles. The van der Waals surface area contributed by atoms with Gasteiger partial charge in [0.2, 0.25) is 0 Å². The Morgan fingerprint density at radius 2 is 2.18 bits per heavy atom. The second kappa shape index (κ2) is 5.69. The number of rotatable bonds is 5. The van der Waals surface area contributed by atoms with E-state index in [1.807, 2.05) is 0 Å². The Morgan fingerprint density at radius 1 is 1.53 bits per heavy atom. The van der Waals surface area contributed by atoms with Crippen LogP contribution in [0.5, 0.6) is 0 Å². The molecule has 0 heterocycles. The van der Waals surface area contributed by atoms with E-state index in [0.29, 0.717) is 24.3 Å². The van der Waals surface area contributed by atoms with Gasteiger partial charge in [-0.1, -0.05) is 17.7 Å². The number of carboxylic acids is 1. The topological polar surface area (TPSA) is 37.3 Å². The van der Waals surface area contributed by atoms with Crippen molar-refractivity contribution < 1.29 is 14.3 Å². The van der Waals surface area contributed by atoms with Gasteiger partial charge in [-0.15, -0.1) is 11.6 Å². The van der Waals surface area contributed by atoms with E-state index in [9.17, 15) is 14.3 Å². The van der Waals surface area contributed by atoms with Gasteiger partial charge in [0.25, 0.3) is 0 Å². The predicted molar refractivity (Wildman–Crippen MR) is 66.4 cm³/mol. The molecule has 1 unspecified atom stereocenters. The number of halogens is 3.